The quantitative estimate of drug-likeness (QED) is 0.905. The highest BCUT2D eigenvalue weighted by Crippen LogP contribution is 2.33. The molecule has 0 heterocycles. The molecule has 1 aromatic rings. The lowest BCUT2D eigenvalue weighted by molar-refractivity contribution is -0.138. The zero-order valence-corrected chi connectivity index (χ0v) is 9.99. The van der Waals surface area contributed by atoms with Crippen LogP contribution in [0.2, 0.25) is 0 Å². The van der Waals surface area contributed by atoms with Crippen LogP contribution in [0.3, 0.4) is 0 Å². The van der Waals surface area contributed by atoms with E-state index in [2.05, 4.69) is 5.32 Å². The summed E-state index contributed by atoms with van der Waals surface area (Å²) in [6, 6.07) is 5.40. The molecule has 6 heteroatoms. The van der Waals surface area contributed by atoms with Gasteiger partial charge in [-0.1, -0.05) is 18.2 Å². The minimum atomic E-state index is -4.34. The van der Waals surface area contributed by atoms with E-state index in [1.165, 1.54) is 19.2 Å². The number of hydrogen-bond donors (Lipinski definition) is 1. The molecule has 1 rings (SSSR count). The number of nitrogens with one attached hydrogen (secondary N) is 1. The van der Waals surface area contributed by atoms with Crippen LogP contribution in [0.25, 0.3) is 0 Å². The van der Waals surface area contributed by atoms with Crippen molar-refractivity contribution in [3.8, 4) is 0 Å². The van der Waals surface area contributed by atoms with E-state index >= 15 is 0 Å². The first kappa shape index (κ1) is 13.9. The van der Waals surface area contributed by atoms with Crippen molar-refractivity contribution in [3.05, 3.63) is 35.4 Å². The number of alkyl halides is 3. The van der Waals surface area contributed by atoms with E-state index in [0.717, 1.165) is 17.8 Å². The number of amides is 1. The summed E-state index contributed by atoms with van der Waals surface area (Å²) in [4.78, 5) is 10.9. The van der Waals surface area contributed by atoms with Crippen LogP contribution < -0.4 is 5.32 Å². The summed E-state index contributed by atoms with van der Waals surface area (Å²) in [5.74, 6) is 0.130. The maximum Gasteiger partial charge on any atom is 0.416 e. The number of carbonyl (C=O) groups excluding carboxylic acids is 1. The van der Waals surface area contributed by atoms with Crippen molar-refractivity contribution in [2.75, 3.05) is 12.8 Å². The first-order valence-corrected chi connectivity index (χ1v) is 6.04. The van der Waals surface area contributed by atoms with Gasteiger partial charge in [0.05, 0.1) is 11.3 Å². The predicted octanol–water partition coefficient (Wildman–Crippen LogP) is 2.68. The van der Waals surface area contributed by atoms with Gasteiger partial charge in [0.2, 0.25) is 5.91 Å². The lowest BCUT2D eigenvalue weighted by Gasteiger charge is -2.11. The van der Waals surface area contributed by atoms with Crippen LogP contribution in [0.5, 0.6) is 0 Å². The Bertz CT molecular complexity index is 393. The highest BCUT2D eigenvalue weighted by molar-refractivity contribution is 7.99. The molecule has 0 saturated heterocycles. The predicted molar refractivity (Wildman–Crippen MR) is 61.7 cm³/mol. The van der Waals surface area contributed by atoms with Gasteiger partial charge in [-0.25, -0.2) is 0 Å². The standard InChI is InChI=1S/C11H12F3NOS/c1-15-10(16)7-17-6-8-4-2-3-5-9(8)11(12,13)14/h2-5H,6-7H2,1H3,(H,15,16). The highest BCUT2D eigenvalue weighted by atomic mass is 32.2. The minimum absolute atomic E-state index is 0.155. The molecule has 0 aliphatic carbocycles. The van der Waals surface area contributed by atoms with Gasteiger partial charge in [-0.05, 0) is 11.6 Å². The number of thioether (sulfide) groups is 1. The van der Waals surface area contributed by atoms with Crippen molar-refractivity contribution in [1.82, 2.24) is 5.32 Å². The van der Waals surface area contributed by atoms with E-state index in [-0.39, 0.29) is 23.0 Å². The van der Waals surface area contributed by atoms with Crippen LogP contribution in [-0.2, 0) is 16.7 Å². The zero-order valence-electron chi connectivity index (χ0n) is 9.17. The van der Waals surface area contributed by atoms with Crippen LogP contribution in [0.4, 0.5) is 13.2 Å². The second-order valence-corrected chi connectivity index (χ2v) is 4.31. The van der Waals surface area contributed by atoms with E-state index in [4.69, 9.17) is 0 Å². The Hall–Kier alpha value is -1.17. The molecule has 0 aliphatic rings. The van der Waals surface area contributed by atoms with Crippen LogP contribution in [0.15, 0.2) is 24.3 Å². The fraction of sp³-hybridized carbons (Fsp3) is 0.364. The Morgan fingerprint density at radius 1 is 1.35 bits per heavy atom. The van der Waals surface area contributed by atoms with E-state index < -0.39 is 11.7 Å². The Kier molecular flexibility index (Phi) is 4.86. The summed E-state index contributed by atoms with van der Waals surface area (Å²) in [5.41, 5.74) is -0.432. The third kappa shape index (κ3) is 4.30. The maximum atomic E-state index is 12.6. The molecule has 0 fully saturated rings. The molecule has 1 aromatic carbocycles. The molecule has 94 valence electrons. The molecule has 0 bridgehead atoms. The number of rotatable bonds is 4. The largest absolute Gasteiger partial charge is 0.416 e. The Morgan fingerprint density at radius 3 is 2.59 bits per heavy atom. The average molecular weight is 263 g/mol. The summed E-state index contributed by atoms with van der Waals surface area (Å²) in [6.45, 7) is 0. The van der Waals surface area contributed by atoms with Gasteiger partial charge in [0.15, 0.2) is 0 Å². The van der Waals surface area contributed by atoms with E-state index in [1.807, 2.05) is 0 Å². The van der Waals surface area contributed by atoms with Crippen LogP contribution in [0.1, 0.15) is 11.1 Å². The summed E-state index contributed by atoms with van der Waals surface area (Å²) < 4.78 is 37.8. The Morgan fingerprint density at radius 2 is 2.00 bits per heavy atom. The summed E-state index contributed by atoms with van der Waals surface area (Å²) in [5, 5.41) is 2.41. The van der Waals surface area contributed by atoms with Crippen molar-refractivity contribution >= 4 is 17.7 Å². The van der Waals surface area contributed by atoms with Crippen LogP contribution in [-0.4, -0.2) is 18.7 Å². The van der Waals surface area contributed by atoms with Crippen molar-refractivity contribution < 1.29 is 18.0 Å². The molecule has 0 atom stereocenters. The van der Waals surface area contributed by atoms with Gasteiger partial charge in [0.25, 0.3) is 0 Å². The number of hydrogen-bond acceptors (Lipinski definition) is 2. The minimum Gasteiger partial charge on any atom is -0.358 e. The van der Waals surface area contributed by atoms with Crippen molar-refractivity contribution in [3.63, 3.8) is 0 Å². The van der Waals surface area contributed by atoms with Gasteiger partial charge < -0.3 is 5.32 Å². The lowest BCUT2D eigenvalue weighted by Crippen LogP contribution is -2.20. The maximum absolute atomic E-state index is 12.6. The van der Waals surface area contributed by atoms with Gasteiger partial charge in [0.1, 0.15) is 0 Å². The fourth-order valence-electron chi connectivity index (χ4n) is 1.25. The molecule has 1 N–H and O–H groups in total. The normalized spacial score (nSPS) is 11.3. The summed E-state index contributed by atoms with van der Waals surface area (Å²) in [7, 11) is 1.49. The van der Waals surface area contributed by atoms with E-state index in [0.29, 0.717) is 0 Å². The molecule has 0 aliphatic heterocycles. The smallest absolute Gasteiger partial charge is 0.358 e. The molecule has 0 saturated carbocycles. The number of carbonyl (C=O) groups is 1. The Labute approximate surface area is 102 Å². The zero-order chi connectivity index (χ0) is 12.9. The van der Waals surface area contributed by atoms with Gasteiger partial charge in [-0.15, -0.1) is 11.8 Å². The molecule has 0 aromatic heterocycles. The van der Waals surface area contributed by atoms with Crippen molar-refractivity contribution in [2.45, 2.75) is 11.9 Å². The monoisotopic (exact) mass is 263 g/mol. The second kappa shape index (κ2) is 5.95. The van der Waals surface area contributed by atoms with Crippen molar-refractivity contribution in [2.24, 2.45) is 0 Å². The van der Waals surface area contributed by atoms with Crippen LogP contribution in [0, 0.1) is 0 Å². The SMILES string of the molecule is CNC(=O)CSCc1ccccc1C(F)(F)F. The van der Waals surface area contributed by atoms with Gasteiger partial charge >= 0.3 is 6.18 Å². The average Bonchev–Trinajstić information content (AvgIpc) is 2.28. The molecular formula is C11H12F3NOS. The first-order chi connectivity index (χ1) is 7.95. The number of halogens is 3. The van der Waals surface area contributed by atoms with Gasteiger partial charge in [0, 0.05) is 12.8 Å². The van der Waals surface area contributed by atoms with E-state index in [1.54, 1.807) is 6.07 Å². The van der Waals surface area contributed by atoms with E-state index in [9.17, 15) is 18.0 Å². The third-order valence-electron chi connectivity index (χ3n) is 2.09. The molecule has 1 amide bonds. The molecule has 17 heavy (non-hydrogen) atoms. The number of benzene rings is 1. The molecule has 2 nitrogen and oxygen atoms in total. The molecular weight excluding hydrogens is 251 g/mol. The Balaban J connectivity index is 2.68. The fourth-order valence-corrected chi connectivity index (χ4v) is 2.15. The second-order valence-electron chi connectivity index (χ2n) is 3.32. The summed E-state index contributed by atoms with van der Waals surface area (Å²) >= 11 is 1.16. The highest BCUT2D eigenvalue weighted by Gasteiger charge is 2.32. The summed E-state index contributed by atoms with van der Waals surface area (Å²) in [6.07, 6.45) is -4.34. The molecule has 0 unspecified atom stereocenters. The van der Waals surface area contributed by atoms with Crippen molar-refractivity contribution in [1.29, 1.82) is 0 Å². The third-order valence-corrected chi connectivity index (χ3v) is 3.07. The van der Waals surface area contributed by atoms with Gasteiger partial charge in [-0.3, -0.25) is 4.79 Å². The van der Waals surface area contributed by atoms with Crippen LogP contribution >= 0.6 is 11.8 Å². The lowest BCUT2D eigenvalue weighted by atomic mass is 10.1. The van der Waals surface area contributed by atoms with Gasteiger partial charge in [-0.2, -0.15) is 13.2 Å². The first-order valence-electron chi connectivity index (χ1n) is 4.88. The topological polar surface area (TPSA) is 29.1 Å². The molecule has 0 spiro atoms. The molecule has 0 radical (unpaired) electrons.